The fraction of sp³-hybridized carbons (Fsp3) is 0.562. The molecule has 0 bridgehead atoms. The van der Waals surface area contributed by atoms with Crippen LogP contribution in [0.15, 0.2) is 24.3 Å². The van der Waals surface area contributed by atoms with Crippen LogP contribution in [0.25, 0.3) is 0 Å². The van der Waals surface area contributed by atoms with Crippen LogP contribution in [0.5, 0.6) is 0 Å². The first-order valence-corrected chi connectivity index (χ1v) is 7.41. The zero-order valence-electron chi connectivity index (χ0n) is 11.8. The van der Waals surface area contributed by atoms with Crippen molar-refractivity contribution in [3.8, 4) is 0 Å². The average Bonchev–Trinajstić information content (AvgIpc) is 3.25. The van der Waals surface area contributed by atoms with Gasteiger partial charge in [0, 0.05) is 25.0 Å². The lowest BCUT2D eigenvalue weighted by Gasteiger charge is -2.26. The van der Waals surface area contributed by atoms with Crippen LogP contribution >= 0.6 is 0 Å². The number of nitrogens with two attached hydrogens (primary N) is 1. The van der Waals surface area contributed by atoms with Crippen molar-refractivity contribution < 1.29 is 9.53 Å². The second-order valence-corrected chi connectivity index (χ2v) is 5.85. The smallest absolute Gasteiger partial charge is 0.223 e. The standard InChI is InChI=1S/C16H22N2O2/c17-16(6-7-16)14-3-1-2-13(12-14)4-5-15(19)18-8-10-20-11-9-18/h1-3,12H,4-11,17H2. The summed E-state index contributed by atoms with van der Waals surface area (Å²) in [5.41, 5.74) is 8.55. The molecule has 0 atom stereocenters. The van der Waals surface area contributed by atoms with Gasteiger partial charge in [0.25, 0.3) is 0 Å². The maximum atomic E-state index is 12.1. The Hall–Kier alpha value is -1.39. The molecule has 1 saturated carbocycles. The predicted octanol–water partition coefficient (Wildman–Crippen LogP) is 1.43. The van der Waals surface area contributed by atoms with E-state index in [1.165, 1.54) is 11.1 Å². The van der Waals surface area contributed by atoms with E-state index in [0.29, 0.717) is 19.6 Å². The Morgan fingerprint density at radius 1 is 1.30 bits per heavy atom. The molecule has 4 nitrogen and oxygen atoms in total. The SMILES string of the molecule is NC1(c2cccc(CCC(=O)N3CCOCC3)c2)CC1. The van der Waals surface area contributed by atoms with Gasteiger partial charge in [0.1, 0.15) is 0 Å². The molecule has 1 aromatic carbocycles. The summed E-state index contributed by atoms with van der Waals surface area (Å²) in [6.45, 7) is 2.78. The number of carbonyl (C=O) groups excluding carboxylic acids is 1. The molecule has 2 fully saturated rings. The van der Waals surface area contributed by atoms with E-state index >= 15 is 0 Å². The number of aryl methyl sites for hydroxylation is 1. The summed E-state index contributed by atoms with van der Waals surface area (Å²) in [6.07, 6.45) is 3.51. The molecule has 1 amide bonds. The number of nitrogens with zero attached hydrogens (tertiary/aromatic N) is 1. The van der Waals surface area contributed by atoms with Gasteiger partial charge in [0.15, 0.2) is 0 Å². The molecule has 2 aliphatic rings. The van der Waals surface area contributed by atoms with E-state index < -0.39 is 0 Å². The van der Waals surface area contributed by atoms with Crippen molar-refractivity contribution in [2.75, 3.05) is 26.3 Å². The number of hydrogen-bond acceptors (Lipinski definition) is 3. The van der Waals surface area contributed by atoms with Gasteiger partial charge in [0.05, 0.1) is 13.2 Å². The molecule has 1 aliphatic carbocycles. The molecule has 1 saturated heterocycles. The minimum Gasteiger partial charge on any atom is -0.378 e. The first-order chi connectivity index (χ1) is 9.67. The average molecular weight is 274 g/mol. The van der Waals surface area contributed by atoms with E-state index in [9.17, 15) is 4.79 Å². The molecule has 2 N–H and O–H groups in total. The van der Waals surface area contributed by atoms with Gasteiger partial charge in [-0.15, -0.1) is 0 Å². The Morgan fingerprint density at radius 2 is 2.05 bits per heavy atom. The van der Waals surface area contributed by atoms with Gasteiger partial charge in [-0.05, 0) is 30.4 Å². The van der Waals surface area contributed by atoms with E-state index in [1.54, 1.807) is 0 Å². The molecule has 3 rings (SSSR count). The summed E-state index contributed by atoms with van der Waals surface area (Å²) in [7, 11) is 0. The van der Waals surface area contributed by atoms with Crippen LogP contribution < -0.4 is 5.73 Å². The molecule has 4 heteroatoms. The van der Waals surface area contributed by atoms with E-state index in [1.807, 2.05) is 4.90 Å². The quantitative estimate of drug-likeness (QED) is 0.903. The van der Waals surface area contributed by atoms with Gasteiger partial charge in [-0.2, -0.15) is 0 Å². The van der Waals surface area contributed by atoms with Crippen molar-refractivity contribution in [1.82, 2.24) is 4.90 Å². The second-order valence-electron chi connectivity index (χ2n) is 5.85. The van der Waals surface area contributed by atoms with Crippen LogP contribution in [0.2, 0.25) is 0 Å². The van der Waals surface area contributed by atoms with Crippen molar-refractivity contribution in [3.05, 3.63) is 35.4 Å². The third kappa shape index (κ3) is 3.02. The van der Waals surface area contributed by atoms with Gasteiger partial charge in [-0.25, -0.2) is 0 Å². The third-order valence-corrected chi connectivity index (χ3v) is 4.28. The number of carbonyl (C=O) groups is 1. The fourth-order valence-corrected chi connectivity index (χ4v) is 2.68. The number of amides is 1. The second kappa shape index (κ2) is 5.54. The van der Waals surface area contributed by atoms with Gasteiger partial charge < -0.3 is 15.4 Å². The van der Waals surface area contributed by atoms with Crippen molar-refractivity contribution in [3.63, 3.8) is 0 Å². The Morgan fingerprint density at radius 3 is 2.75 bits per heavy atom. The van der Waals surface area contributed by atoms with Crippen molar-refractivity contribution in [2.24, 2.45) is 5.73 Å². The van der Waals surface area contributed by atoms with Gasteiger partial charge in [0.2, 0.25) is 5.91 Å². The first-order valence-electron chi connectivity index (χ1n) is 7.41. The zero-order chi connectivity index (χ0) is 14.0. The summed E-state index contributed by atoms with van der Waals surface area (Å²) in [5.74, 6) is 0.229. The molecule has 1 heterocycles. The number of hydrogen-bond donors (Lipinski definition) is 1. The Kier molecular flexibility index (Phi) is 3.76. The van der Waals surface area contributed by atoms with Gasteiger partial charge >= 0.3 is 0 Å². The highest BCUT2D eigenvalue weighted by atomic mass is 16.5. The first kappa shape index (κ1) is 13.6. The lowest BCUT2D eigenvalue weighted by Crippen LogP contribution is -2.40. The van der Waals surface area contributed by atoms with E-state index in [2.05, 4.69) is 24.3 Å². The molecular weight excluding hydrogens is 252 g/mol. The maximum absolute atomic E-state index is 12.1. The molecular formula is C16H22N2O2. The van der Waals surface area contributed by atoms with Gasteiger partial charge in [-0.3, -0.25) is 4.79 Å². The molecule has 1 aromatic rings. The van der Waals surface area contributed by atoms with Crippen LogP contribution in [0.1, 0.15) is 30.4 Å². The van der Waals surface area contributed by atoms with E-state index in [-0.39, 0.29) is 11.4 Å². The summed E-state index contributed by atoms with van der Waals surface area (Å²) in [4.78, 5) is 14.0. The van der Waals surface area contributed by atoms with Crippen molar-refractivity contribution in [2.45, 2.75) is 31.2 Å². The highest BCUT2D eigenvalue weighted by molar-refractivity contribution is 5.76. The fourth-order valence-electron chi connectivity index (χ4n) is 2.68. The van der Waals surface area contributed by atoms with Crippen LogP contribution in [-0.4, -0.2) is 37.1 Å². The molecule has 1 aliphatic heterocycles. The summed E-state index contributed by atoms with van der Waals surface area (Å²) in [6, 6.07) is 8.40. The predicted molar refractivity (Wildman–Crippen MR) is 77.3 cm³/mol. The normalized spacial score (nSPS) is 20.8. The molecule has 0 radical (unpaired) electrons. The molecule has 0 aromatic heterocycles. The lowest BCUT2D eigenvalue weighted by molar-refractivity contribution is -0.135. The largest absolute Gasteiger partial charge is 0.378 e. The van der Waals surface area contributed by atoms with Crippen molar-refractivity contribution in [1.29, 1.82) is 0 Å². The van der Waals surface area contributed by atoms with E-state index in [4.69, 9.17) is 10.5 Å². The molecule has 0 unspecified atom stereocenters. The molecule has 0 spiro atoms. The third-order valence-electron chi connectivity index (χ3n) is 4.28. The number of morpholine rings is 1. The monoisotopic (exact) mass is 274 g/mol. The Balaban J connectivity index is 1.56. The Bertz CT molecular complexity index is 491. The Labute approximate surface area is 119 Å². The summed E-state index contributed by atoms with van der Waals surface area (Å²) >= 11 is 0. The summed E-state index contributed by atoms with van der Waals surface area (Å²) < 4.78 is 5.26. The zero-order valence-corrected chi connectivity index (χ0v) is 11.8. The van der Waals surface area contributed by atoms with Crippen LogP contribution in [0, 0.1) is 0 Å². The molecule has 20 heavy (non-hydrogen) atoms. The van der Waals surface area contributed by atoms with Crippen LogP contribution in [-0.2, 0) is 21.5 Å². The minimum absolute atomic E-state index is 0.0930. The van der Waals surface area contributed by atoms with Crippen LogP contribution in [0.3, 0.4) is 0 Å². The highest BCUT2D eigenvalue weighted by Crippen LogP contribution is 2.42. The lowest BCUT2D eigenvalue weighted by atomic mass is 10.0. The number of benzene rings is 1. The topological polar surface area (TPSA) is 55.6 Å². The van der Waals surface area contributed by atoms with Crippen LogP contribution in [0.4, 0.5) is 0 Å². The van der Waals surface area contributed by atoms with Gasteiger partial charge in [-0.1, -0.05) is 24.3 Å². The number of ether oxygens (including phenoxy) is 1. The minimum atomic E-state index is -0.0930. The van der Waals surface area contributed by atoms with E-state index in [0.717, 1.165) is 32.4 Å². The maximum Gasteiger partial charge on any atom is 0.223 e. The summed E-state index contributed by atoms with van der Waals surface area (Å²) in [5, 5.41) is 0. The number of rotatable bonds is 4. The van der Waals surface area contributed by atoms with Crippen molar-refractivity contribution >= 4 is 5.91 Å². The highest BCUT2D eigenvalue weighted by Gasteiger charge is 2.39. The molecule has 108 valence electrons.